The molecule has 0 aliphatic carbocycles. The molecule has 0 spiro atoms. The Hall–Kier alpha value is -2.12. The predicted octanol–water partition coefficient (Wildman–Crippen LogP) is 14.3. The third-order valence-corrected chi connectivity index (χ3v) is 14.5. The molecule has 0 bridgehead atoms. The van der Waals surface area contributed by atoms with E-state index in [2.05, 4.69) is 43.5 Å². The number of allylic oxidation sites excluding steroid dienone is 5. The van der Waals surface area contributed by atoms with Gasteiger partial charge in [0.15, 0.2) is 6.29 Å². The minimum absolute atomic E-state index is 0.0100. The van der Waals surface area contributed by atoms with Crippen LogP contribution in [0.1, 0.15) is 284 Å². The first-order valence-corrected chi connectivity index (χ1v) is 30.8. The van der Waals surface area contributed by atoms with E-state index in [0.29, 0.717) is 19.4 Å². The molecule has 0 saturated carbocycles. The van der Waals surface area contributed by atoms with E-state index >= 15 is 0 Å². The SMILES string of the molecule is CCCC/C=C\CCCCCCCC(=O)OCCCCCCCCCCCCCC/C=C\CCCCCCCCCCC(=O)NC(COC1OC(CO)C(O)C(O)C1O)C(O)/C=C/CCCCCCCCCC. The second-order valence-electron chi connectivity index (χ2n) is 21.4. The van der Waals surface area contributed by atoms with Crippen LogP contribution in [0.2, 0.25) is 0 Å². The van der Waals surface area contributed by atoms with Crippen molar-refractivity contribution in [2.45, 2.75) is 326 Å². The summed E-state index contributed by atoms with van der Waals surface area (Å²) in [6.45, 7) is 4.29. The number of hydrogen-bond acceptors (Lipinski definition) is 10. The highest BCUT2D eigenvalue weighted by molar-refractivity contribution is 5.76. The molecule has 1 heterocycles. The summed E-state index contributed by atoms with van der Waals surface area (Å²) < 4.78 is 16.7. The maximum atomic E-state index is 13.0. The molecular weight excluding hydrogens is 919 g/mol. The minimum atomic E-state index is -1.57. The summed E-state index contributed by atoms with van der Waals surface area (Å²) in [5, 5.41) is 54.3. The van der Waals surface area contributed by atoms with Gasteiger partial charge in [-0.2, -0.15) is 0 Å². The first kappa shape index (κ1) is 68.9. The van der Waals surface area contributed by atoms with Gasteiger partial charge in [0.25, 0.3) is 0 Å². The summed E-state index contributed by atoms with van der Waals surface area (Å²) in [4.78, 5) is 25.0. The number of carbonyl (C=O) groups excluding carboxylic acids is 2. The Morgan fingerprint density at radius 1 is 0.493 bits per heavy atom. The number of aliphatic hydroxyl groups excluding tert-OH is 5. The van der Waals surface area contributed by atoms with Crippen LogP contribution in [-0.4, -0.2) is 100 Å². The van der Waals surface area contributed by atoms with Crippen LogP contribution in [0.4, 0.5) is 0 Å². The topological polar surface area (TPSA) is 175 Å². The van der Waals surface area contributed by atoms with Crippen LogP contribution in [0.3, 0.4) is 0 Å². The summed E-state index contributed by atoms with van der Waals surface area (Å²) in [5.74, 6) is -0.198. The molecule has 1 aliphatic rings. The molecule has 0 aromatic heterocycles. The molecule has 11 nitrogen and oxygen atoms in total. The van der Waals surface area contributed by atoms with E-state index in [1.165, 1.54) is 193 Å². The van der Waals surface area contributed by atoms with E-state index in [-0.39, 0.29) is 18.5 Å². The van der Waals surface area contributed by atoms with Gasteiger partial charge in [0, 0.05) is 12.8 Å². The van der Waals surface area contributed by atoms with E-state index in [0.717, 1.165) is 64.2 Å². The monoisotopic (exact) mass is 1030 g/mol. The molecule has 0 aromatic carbocycles. The van der Waals surface area contributed by atoms with Crippen LogP contribution in [0.15, 0.2) is 36.5 Å². The fourth-order valence-electron chi connectivity index (χ4n) is 9.53. The summed E-state index contributed by atoms with van der Waals surface area (Å²) in [5.41, 5.74) is 0. The number of hydrogen-bond donors (Lipinski definition) is 6. The number of amides is 1. The lowest BCUT2D eigenvalue weighted by molar-refractivity contribution is -0.302. The number of nitrogens with one attached hydrogen (secondary N) is 1. The van der Waals surface area contributed by atoms with Crippen molar-refractivity contribution < 1.29 is 49.3 Å². The Labute approximate surface area is 447 Å². The van der Waals surface area contributed by atoms with Gasteiger partial charge >= 0.3 is 5.97 Å². The third-order valence-electron chi connectivity index (χ3n) is 14.5. The Kier molecular flexibility index (Phi) is 49.0. The summed E-state index contributed by atoms with van der Waals surface area (Å²) in [7, 11) is 0. The van der Waals surface area contributed by atoms with E-state index < -0.39 is 49.5 Å². The maximum absolute atomic E-state index is 13.0. The zero-order valence-electron chi connectivity index (χ0n) is 47.1. The average Bonchev–Trinajstić information content (AvgIpc) is 3.39. The van der Waals surface area contributed by atoms with Crippen LogP contribution >= 0.6 is 0 Å². The number of unbranched alkanes of at least 4 members (excludes halogenated alkanes) is 35. The molecule has 1 amide bonds. The molecule has 428 valence electrons. The lowest BCUT2D eigenvalue weighted by Gasteiger charge is -2.40. The van der Waals surface area contributed by atoms with Crippen molar-refractivity contribution in [2.75, 3.05) is 19.8 Å². The highest BCUT2D eigenvalue weighted by atomic mass is 16.7. The van der Waals surface area contributed by atoms with Gasteiger partial charge in [0.1, 0.15) is 24.4 Å². The molecule has 0 radical (unpaired) electrons. The average molecular weight is 1030 g/mol. The zero-order valence-corrected chi connectivity index (χ0v) is 47.1. The number of rotatable bonds is 53. The quantitative estimate of drug-likeness (QED) is 0.0195. The van der Waals surface area contributed by atoms with Gasteiger partial charge in [-0.3, -0.25) is 9.59 Å². The number of esters is 1. The molecule has 7 atom stereocenters. The van der Waals surface area contributed by atoms with Crippen molar-refractivity contribution in [3.63, 3.8) is 0 Å². The fourth-order valence-corrected chi connectivity index (χ4v) is 9.53. The Balaban J connectivity index is 2.02. The summed E-state index contributed by atoms with van der Waals surface area (Å²) in [6, 6.07) is -0.812. The van der Waals surface area contributed by atoms with E-state index in [1.807, 2.05) is 6.08 Å². The van der Waals surface area contributed by atoms with Crippen LogP contribution in [-0.2, 0) is 23.8 Å². The highest BCUT2D eigenvalue weighted by Gasteiger charge is 2.44. The van der Waals surface area contributed by atoms with Gasteiger partial charge in [-0.15, -0.1) is 0 Å². The minimum Gasteiger partial charge on any atom is -0.466 e. The summed E-state index contributed by atoms with van der Waals surface area (Å²) >= 11 is 0. The predicted molar refractivity (Wildman–Crippen MR) is 301 cm³/mol. The zero-order chi connectivity index (χ0) is 53.1. The van der Waals surface area contributed by atoms with Gasteiger partial charge in [-0.05, 0) is 77.0 Å². The standard InChI is InChI=1S/C62H115NO10/c1-3-5-7-9-11-13-29-34-38-42-46-50-58(67)71-51-47-43-39-35-31-28-26-24-22-20-18-16-15-17-19-21-23-25-27-30-33-37-41-45-49-57(66)63-54(53-72-62-61(70)60(69)59(68)56(52-64)73-62)55(65)48-44-40-36-32-14-12-10-8-6-4-2/h9,11,17,19,44,48,54-56,59-62,64-65,68-70H,3-8,10,12-16,18,20-43,45-47,49-53H2,1-2H3,(H,63,66)/b11-9-,19-17-,48-44+. The normalized spacial score (nSPS) is 19.1. The van der Waals surface area contributed by atoms with Crippen molar-refractivity contribution in [1.82, 2.24) is 5.32 Å². The van der Waals surface area contributed by atoms with Gasteiger partial charge in [0.05, 0.1) is 32.0 Å². The summed E-state index contributed by atoms with van der Waals surface area (Å²) in [6.07, 6.45) is 54.0. The van der Waals surface area contributed by atoms with Crippen LogP contribution in [0, 0.1) is 0 Å². The van der Waals surface area contributed by atoms with Crippen molar-refractivity contribution in [3.05, 3.63) is 36.5 Å². The largest absolute Gasteiger partial charge is 0.466 e. The molecular formula is C62H115NO10. The number of ether oxygens (including phenoxy) is 3. The first-order valence-electron chi connectivity index (χ1n) is 30.8. The van der Waals surface area contributed by atoms with E-state index in [1.54, 1.807) is 6.08 Å². The second-order valence-corrected chi connectivity index (χ2v) is 21.4. The van der Waals surface area contributed by atoms with Gasteiger partial charge in [-0.1, -0.05) is 230 Å². The van der Waals surface area contributed by atoms with Crippen molar-refractivity contribution in [3.8, 4) is 0 Å². The molecule has 1 fully saturated rings. The second kappa shape index (κ2) is 52.0. The molecule has 1 saturated heterocycles. The molecule has 7 unspecified atom stereocenters. The van der Waals surface area contributed by atoms with E-state index in [9.17, 15) is 35.1 Å². The highest BCUT2D eigenvalue weighted by Crippen LogP contribution is 2.23. The molecule has 73 heavy (non-hydrogen) atoms. The Morgan fingerprint density at radius 2 is 0.890 bits per heavy atom. The lowest BCUT2D eigenvalue weighted by atomic mass is 9.99. The van der Waals surface area contributed by atoms with E-state index in [4.69, 9.17) is 14.2 Å². The Morgan fingerprint density at radius 3 is 1.36 bits per heavy atom. The molecule has 1 rings (SSSR count). The molecule has 6 N–H and O–H groups in total. The first-order chi connectivity index (χ1) is 35.7. The van der Waals surface area contributed by atoms with Gasteiger partial charge < -0.3 is 45.1 Å². The molecule has 1 aliphatic heterocycles. The lowest BCUT2D eigenvalue weighted by Crippen LogP contribution is -2.60. The van der Waals surface area contributed by atoms with Crippen molar-refractivity contribution in [1.29, 1.82) is 0 Å². The van der Waals surface area contributed by atoms with Gasteiger partial charge in [0.2, 0.25) is 5.91 Å². The number of carbonyl (C=O) groups is 2. The smallest absolute Gasteiger partial charge is 0.305 e. The van der Waals surface area contributed by atoms with Crippen molar-refractivity contribution in [2.24, 2.45) is 0 Å². The molecule has 0 aromatic rings. The van der Waals surface area contributed by atoms with Crippen LogP contribution in [0.5, 0.6) is 0 Å². The van der Waals surface area contributed by atoms with Crippen LogP contribution in [0.25, 0.3) is 0 Å². The van der Waals surface area contributed by atoms with Crippen molar-refractivity contribution >= 4 is 11.9 Å². The maximum Gasteiger partial charge on any atom is 0.305 e. The Bertz CT molecular complexity index is 1310. The molecule has 11 heteroatoms. The third kappa shape index (κ3) is 41.7. The fraction of sp³-hybridized carbons (Fsp3) is 0.871. The number of aliphatic hydroxyl groups is 5. The van der Waals surface area contributed by atoms with Gasteiger partial charge in [-0.25, -0.2) is 0 Å². The van der Waals surface area contributed by atoms with Crippen LogP contribution < -0.4 is 5.32 Å².